The molecule has 0 unspecified atom stereocenters. The van der Waals surface area contributed by atoms with Crippen LogP contribution in [0.4, 0.5) is 0 Å². The first kappa shape index (κ1) is 38.3. The molecule has 0 spiro atoms. The third kappa shape index (κ3) is 5.22. The maximum absolute atomic E-state index is 4.94. The lowest BCUT2D eigenvalue weighted by atomic mass is 10.1. The van der Waals surface area contributed by atoms with Crippen LogP contribution in [-0.2, 0) is 0 Å². The Morgan fingerprint density at radius 2 is 0.577 bits per heavy atom. The average Bonchev–Trinajstić information content (AvgIpc) is 4.23. The molecule has 0 N–H and O–H groups in total. The summed E-state index contributed by atoms with van der Waals surface area (Å²) < 4.78 is 12.2. The Kier molecular flexibility index (Phi) is 7.79. The van der Waals surface area contributed by atoms with Crippen molar-refractivity contribution in [2.75, 3.05) is 0 Å². The van der Waals surface area contributed by atoms with Crippen LogP contribution in [-0.4, -0.2) is 27.8 Å². The van der Waals surface area contributed by atoms with E-state index >= 15 is 0 Å². The van der Waals surface area contributed by atoms with E-state index in [-0.39, 0.29) is 0 Å². The van der Waals surface area contributed by atoms with Crippen LogP contribution in [0.2, 0.25) is 0 Å². The summed E-state index contributed by atoms with van der Waals surface area (Å²) in [6.07, 6.45) is 1.89. The minimum absolute atomic E-state index is 0.893. The monoisotopic (exact) mass is 904 g/mol. The van der Waals surface area contributed by atoms with Crippen molar-refractivity contribution in [3.05, 3.63) is 243 Å². The number of pyridine rings is 1. The third-order valence-corrected chi connectivity index (χ3v) is 15.1. The Hall–Kier alpha value is -9.65. The molecular formula is C65H40N6. The molecule has 0 amide bonds. The normalized spacial score (nSPS) is 12.2. The maximum Gasteiger partial charge on any atom is 0.137 e. The molecule has 6 aromatic heterocycles. The average molecular weight is 905 g/mol. The van der Waals surface area contributed by atoms with Crippen LogP contribution in [0, 0.1) is 0 Å². The molecule has 0 saturated heterocycles. The molecule has 6 nitrogen and oxygen atoms in total. The zero-order valence-electron chi connectivity index (χ0n) is 38.3. The van der Waals surface area contributed by atoms with E-state index in [1.807, 2.05) is 12.3 Å². The number of benzene rings is 10. The molecule has 6 heterocycles. The van der Waals surface area contributed by atoms with Gasteiger partial charge in [0.2, 0.25) is 0 Å². The number of para-hydroxylation sites is 6. The number of rotatable bonds is 5. The maximum atomic E-state index is 4.94. The summed E-state index contributed by atoms with van der Waals surface area (Å²) in [4.78, 5) is 4.94. The summed E-state index contributed by atoms with van der Waals surface area (Å²) in [5, 5.41) is 12.2. The standard InChI is InChI=1S/C65H40N6/c1-7-27-54-45(21-1)46-22-2-8-28-55(46)67(54)41-17-15-19-43(39-41)69-56-29-9-3-23-47(56)50-36-37-60-62(63(50)69)53-26-6-12-32-59(53)68(60)42-18-16-20-44(40-42)70-57-30-10-4-24-48(57)51-34-35-52-49-25-5-11-31-58(49)71(65(52)64(51)70)61-33-13-14-38-66-61/h1-40H. The van der Waals surface area contributed by atoms with Crippen LogP contribution in [0.5, 0.6) is 0 Å². The summed E-state index contributed by atoms with van der Waals surface area (Å²) >= 11 is 0. The van der Waals surface area contributed by atoms with Crippen LogP contribution in [0.3, 0.4) is 0 Å². The second kappa shape index (κ2) is 14.4. The van der Waals surface area contributed by atoms with Crippen molar-refractivity contribution in [2.24, 2.45) is 0 Å². The van der Waals surface area contributed by atoms with Gasteiger partial charge in [0.25, 0.3) is 0 Å². The van der Waals surface area contributed by atoms with Crippen LogP contribution in [0.1, 0.15) is 0 Å². The van der Waals surface area contributed by atoms with Gasteiger partial charge < -0.3 is 18.3 Å². The molecule has 0 fully saturated rings. The molecule has 0 aliphatic rings. The molecule has 6 heteroatoms. The molecule has 0 aliphatic carbocycles. The molecule has 16 rings (SSSR count). The van der Waals surface area contributed by atoms with Gasteiger partial charge >= 0.3 is 0 Å². The summed E-state index contributed by atoms with van der Waals surface area (Å²) in [5.41, 5.74) is 16.1. The number of fused-ring (bicyclic) bond motifs is 17. The van der Waals surface area contributed by atoms with Gasteiger partial charge in [-0.25, -0.2) is 4.98 Å². The molecule has 0 aliphatic heterocycles. The lowest BCUT2D eigenvalue weighted by Crippen LogP contribution is -2.01. The van der Waals surface area contributed by atoms with Crippen molar-refractivity contribution >= 4 is 109 Å². The van der Waals surface area contributed by atoms with Gasteiger partial charge in [-0.1, -0.05) is 146 Å². The highest BCUT2D eigenvalue weighted by atomic mass is 15.1. The Morgan fingerprint density at radius 3 is 1.08 bits per heavy atom. The van der Waals surface area contributed by atoms with Gasteiger partial charge in [-0.05, 0) is 91.0 Å². The third-order valence-electron chi connectivity index (χ3n) is 15.1. The van der Waals surface area contributed by atoms with Crippen LogP contribution >= 0.6 is 0 Å². The fourth-order valence-corrected chi connectivity index (χ4v) is 12.3. The molecular weight excluding hydrogens is 865 g/mol. The van der Waals surface area contributed by atoms with E-state index in [0.29, 0.717) is 0 Å². The number of hydrogen-bond acceptors (Lipinski definition) is 1. The largest absolute Gasteiger partial charge is 0.309 e. The van der Waals surface area contributed by atoms with Gasteiger partial charge in [0, 0.05) is 82.8 Å². The number of hydrogen-bond donors (Lipinski definition) is 0. The first-order valence-electron chi connectivity index (χ1n) is 24.3. The van der Waals surface area contributed by atoms with Gasteiger partial charge in [-0.3, -0.25) is 4.57 Å². The van der Waals surface area contributed by atoms with Crippen molar-refractivity contribution in [2.45, 2.75) is 0 Å². The Bertz CT molecular complexity index is 4830. The summed E-state index contributed by atoms with van der Waals surface area (Å²) in [6, 6.07) is 86.5. The van der Waals surface area contributed by atoms with Gasteiger partial charge in [0.1, 0.15) is 5.82 Å². The first-order valence-corrected chi connectivity index (χ1v) is 24.3. The zero-order valence-corrected chi connectivity index (χ0v) is 38.3. The fraction of sp³-hybridized carbons (Fsp3) is 0. The van der Waals surface area contributed by atoms with E-state index in [1.165, 1.54) is 75.9 Å². The minimum atomic E-state index is 0.893. The van der Waals surface area contributed by atoms with E-state index in [2.05, 4.69) is 253 Å². The zero-order chi connectivity index (χ0) is 46.3. The van der Waals surface area contributed by atoms with E-state index < -0.39 is 0 Å². The Labute approximate surface area is 406 Å². The van der Waals surface area contributed by atoms with Crippen molar-refractivity contribution in [3.8, 4) is 28.6 Å². The summed E-state index contributed by atoms with van der Waals surface area (Å²) in [7, 11) is 0. The van der Waals surface area contributed by atoms with Crippen molar-refractivity contribution in [3.63, 3.8) is 0 Å². The second-order valence-corrected chi connectivity index (χ2v) is 18.7. The predicted octanol–water partition coefficient (Wildman–Crippen LogP) is 16.6. The van der Waals surface area contributed by atoms with E-state index in [1.54, 1.807) is 0 Å². The highest BCUT2D eigenvalue weighted by Gasteiger charge is 2.24. The molecule has 330 valence electrons. The molecule has 0 bridgehead atoms. The van der Waals surface area contributed by atoms with Crippen molar-refractivity contribution in [1.82, 2.24) is 27.8 Å². The molecule has 71 heavy (non-hydrogen) atoms. The molecule has 0 saturated carbocycles. The second-order valence-electron chi connectivity index (χ2n) is 18.7. The van der Waals surface area contributed by atoms with Crippen LogP contribution in [0.15, 0.2) is 243 Å². The smallest absolute Gasteiger partial charge is 0.137 e. The topological polar surface area (TPSA) is 37.5 Å². The van der Waals surface area contributed by atoms with Gasteiger partial charge in [-0.2, -0.15) is 0 Å². The number of aromatic nitrogens is 6. The fourth-order valence-electron chi connectivity index (χ4n) is 12.3. The Morgan fingerprint density at radius 1 is 0.225 bits per heavy atom. The molecule has 16 aromatic rings. The van der Waals surface area contributed by atoms with Gasteiger partial charge in [-0.15, -0.1) is 0 Å². The summed E-state index contributed by atoms with van der Waals surface area (Å²) in [6.45, 7) is 0. The quantitative estimate of drug-likeness (QED) is 0.170. The Balaban J connectivity index is 0.964. The lowest BCUT2D eigenvalue weighted by Gasteiger charge is -2.15. The lowest BCUT2D eigenvalue weighted by molar-refractivity contribution is 1.07. The van der Waals surface area contributed by atoms with Crippen molar-refractivity contribution < 1.29 is 0 Å². The predicted molar refractivity (Wildman–Crippen MR) is 296 cm³/mol. The van der Waals surface area contributed by atoms with Gasteiger partial charge in [0.05, 0.1) is 55.2 Å². The first-order chi connectivity index (χ1) is 35.3. The van der Waals surface area contributed by atoms with E-state index in [0.717, 1.165) is 61.7 Å². The number of nitrogens with zero attached hydrogens (tertiary/aromatic N) is 6. The van der Waals surface area contributed by atoms with Gasteiger partial charge in [0.15, 0.2) is 0 Å². The highest BCUT2D eigenvalue weighted by molar-refractivity contribution is 6.27. The van der Waals surface area contributed by atoms with Crippen LogP contribution < -0.4 is 0 Å². The van der Waals surface area contributed by atoms with Crippen LogP contribution in [0.25, 0.3) is 138 Å². The minimum Gasteiger partial charge on any atom is -0.309 e. The van der Waals surface area contributed by atoms with Crippen molar-refractivity contribution in [1.29, 1.82) is 0 Å². The van der Waals surface area contributed by atoms with E-state index in [4.69, 9.17) is 4.98 Å². The molecule has 0 radical (unpaired) electrons. The summed E-state index contributed by atoms with van der Waals surface area (Å²) in [5.74, 6) is 0.893. The SMILES string of the molecule is c1ccc(-n2c3ccccc3c3ccc4c5ccccc5n(-c5cccc(-n6c7ccccc7c7c6ccc6c8ccccc8n(-c8cccc(-n9c%10ccccc%10c%10ccccc%109)c8)c67)c5)c4c32)nc1. The molecule has 10 aromatic carbocycles. The highest BCUT2D eigenvalue weighted by Crippen LogP contribution is 2.45. The molecule has 0 atom stereocenters. The van der Waals surface area contributed by atoms with E-state index in [9.17, 15) is 0 Å².